The number of rotatable bonds is 1. The Hall–Kier alpha value is -2.36. The molecule has 3 aromatic rings. The molecule has 0 fully saturated rings. The molecule has 2 heterocycles. The third-order valence-corrected chi connectivity index (χ3v) is 2.57. The molecule has 2 N–H and O–H groups in total. The van der Waals surface area contributed by atoms with Crippen LogP contribution in [-0.4, -0.2) is 4.98 Å². The highest BCUT2D eigenvalue weighted by Gasteiger charge is 2.09. The molecule has 17 heavy (non-hydrogen) atoms. The zero-order chi connectivity index (χ0) is 11.8. The Kier molecular flexibility index (Phi) is 2.08. The maximum Gasteiger partial charge on any atom is 0.170 e. The van der Waals surface area contributed by atoms with E-state index in [4.69, 9.17) is 10.2 Å². The van der Waals surface area contributed by atoms with E-state index in [0.717, 1.165) is 10.9 Å². The minimum Gasteiger partial charge on any atom is -0.453 e. The molecule has 0 unspecified atom stereocenters. The number of nitrogens with two attached hydrogens (primary N) is 1. The van der Waals surface area contributed by atoms with Gasteiger partial charge >= 0.3 is 0 Å². The van der Waals surface area contributed by atoms with Gasteiger partial charge in [0, 0.05) is 17.1 Å². The van der Waals surface area contributed by atoms with Gasteiger partial charge in [-0.1, -0.05) is 12.1 Å². The van der Waals surface area contributed by atoms with Gasteiger partial charge in [-0.05, 0) is 24.3 Å². The van der Waals surface area contributed by atoms with E-state index in [2.05, 4.69) is 4.98 Å². The van der Waals surface area contributed by atoms with Gasteiger partial charge in [0.2, 0.25) is 0 Å². The fourth-order valence-corrected chi connectivity index (χ4v) is 1.72. The molecule has 2 aromatic heterocycles. The van der Waals surface area contributed by atoms with Gasteiger partial charge in [0.1, 0.15) is 11.6 Å². The summed E-state index contributed by atoms with van der Waals surface area (Å²) in [6.07, 6.45) is 1.60. The maximum absolute atomic E-state index is 13.5. The summed E-state index contributed by atoms with van der Waals surface area (Å²) in [5.74, 6) is 0.658. The van der Waals surface area contributed by atoms with Crippen LogP contribution in [-0.2, 0) is 0 Å². The second-order valence-electron chi connectivity index (χ2n) is 3.74. The van der Waals surface area contributed by atoms with Crippen LogP contribution in [0.3, 0.4) is 0 Å². The molecule has 0 aliphatic heterocycles. The minimum absolute atomic E-state index is 0.263. The molecule has 3 nitrogen and oxygen atoms in total. The van der Waals surface area contributed by atoms with Crippen molar-refractivity contribution in [1.82, 2.24) is 4.98 Å². The Bertz CT molecular complexity index is 673. The molecule has 0 aliphatic rings. The summed E-state index contributed by atoms with van der Waals surface area (Å²) in [5.41, 5.74) is 6.54. The van der Waals surface area contributed by atoms with Crippen LogP contribution < -0.4 is 5.73 Å². The van der Waals surface area contributed by atoms with E-state index in [1.165, 1.54) is 6.07 Å². The summed E-state index contributed by atoms with van der Waals surface area (Å²) < 4.78 is 18.9. The van der Waals surface area contributed by atoms with Gasteiger partial charge in [-0.3, -0.25) is 0 Å². The zero-order valence-electron chi connectivity index (χ0n) is 8.85. The van der Waals surface area contributed by atoms with Crippen molar-refractivity contribution in [2.45, 2.75) is 0 Å². The summed E-state index contributed by atoms with van der Waals surface area (Å²) in [4.78, 5) is 3.97. The highest BCUT2D eigenvalue weighted by Crippen LogP contribution is 2.28. The van der Waals surface area contributed by atoms with E-state index in [0.29, 0.717) is 11.6 Å². The second-order valence-corrected chi connectivity index (χ2v) is 3.74. The first kappa shape index (κ1) is 9.84. The predicted octanol–water partition coefficient (Wildman–Crippen LogP) is 3.22. The SMILES string of the molecule is Nc1ccc(-c2cc3cccc(F)c3o2)cn1. The molecule has 0 saturated heterocycles. The molecule has 1 aromatic carbocycles. The number of nitrogen functional groups attached to an aromatic ring is 1. The molecule has 0 radical (unpaired) electrons. The standard InChI is InChI=1S/C13H9FN2O/c14-10-3-1-2-8-6-11(17-13(8)10)9-4-5-12(15)16-7-9/h1-7H,(H2,15,16). The van der Waals surface area contributed by atoms with E-state index in [-0.39, 0.29) is 11.4 Å². The van der Waals surface area contributed by atoms with Crippen LogP contribution in [0.25, 0.3) is 22.3 Å². The molecule has 0 bridgehead atoms. The Morgan fingerprint density at radius 1 is 1.18 bits per heavy atom. The lowest BCUT2D eigenvalue weighted by Gasteiger charge is -1.95. The van der Waals surface area contributed by atoms with Crippen LogP contribution in [0.5, 0.6) is 0 Å². The number of anilines is 1. The number of halogens is 1. The average Bonchev–Trinajstić information content (AvgIpc) is 2.75. The summed E-state index contributed by atoms with van der Waals surface area (Å²) in [5, 5.41) is 0.733. The fraction of sp³-hybridized carbons (Fsp3) is 0. The van der Waals surface area contributed by atoms with Crippen LogP contribution in [0, 0.1) is 5.82 Å². The maximum atomic E-state index is 13.5. The van der Waals surface area contributed by atoms with E-state index < -0.39 is 0 Å². The highest BCUT2D eigenvalue weighted by atomic mass is 19.1. The Morgan fingerprint density at radius 3 is 2.76 bits per heavy atom. The van der Waals surface area contributed by atoms with Crippen LogP contribution in [0.4, 0.5) is 10.2 Å². The molecule has 84 valence electrons. The largest absolute Gasteiger partial charge is 0.453 e. The van der Waals surface area contributed by atoms with Crippen molar-refractivity contribution in [2.24, 2.45) is 0 Å². The molecule has 4 heteroatoms. The van der Waals surface area contributed by atoms with Gasteiger partial charge in [-0.25, -0.2) is 9.37 Å². The van der Waals surface area contributed by atoms with Gasteiger partial charge < -0.3 is 10.2 Å². The minimum atomic E-state index is -0.364. The van der Waals surface area contributed by atoms with Crippen LogP contribution in [0.1, 0.15) is 0 Å². The monoisotopic (exact) mass is 228 g/mol. The Morgan fingerprint density at radius 2 is 2.06 bits per heavy atom. The first-order chi connectivity index (χ1) is 8.24. The summed E-state index contributed by atoms with van der Waals surface area (Å²) >= 11 is 0. The number of aromatic nitrogens is 1. The number of nitrogens with zero attached hydrogens (tertiary/aromatic N) is 1. The van der Waals surface area contributed by atoms with Crippen LogP contribution in [0.2, 0.25) is 0 Å². The number of furan rings is 1. The van der Waals surface area contributed by atoms with Crippen molar-refractivity contribution < 1.29 is 8.81 Å². The molecular formula is C13H9FN2O. The number of para-hydroxylation sites is 1. The van der Waals surface area contributed by atoms with E-state index in [1.807, 2.05) is 0 Å². The lowest BCUT2D eigenvalue weighted by Crippen LogP contribution is -1.88. The van der Waals surface area contributed by atoms with Gasteiger partial charge in [0.15, 0.2) is 11.4 Å². The lowest BCUT2D eigenvalue weighted by atomic mass is 10.2. The van der Waals surface area contributed by atoms with Crippen LogP contribution in [0.15, 0.2) is 47.0 Å². The van der Waals surface area contributed by atoms with E-state index in [9.17, 15) is 4.39 Å². The van der Waals surface area contributed by atoms with Crippen molar-refractivity contribution in [3.8, 4) is 11.3 Å². The number of hydrogen-bond donors (Lipinski definition) is 1. The fourth-order valence-electron chi connectivity index (χ4n) is 1.72. The number of fused-ring (bicyclic) bond motifs is 1. The second kappa shape index (κ2) is 3.59. The van der Waals surface area contributed by atoms with Gasteiger partial charge in [0.25, 0.3) is 0 Å². The summed E-state index contributed by atoms with van der Waals surface area (Å²) in [6.45, 7) is 0. The first-order valence-electron chi connectivity index (χ1n) is 5.14. The van der Waals surface area contributed by atoms with Crippen molar-refractivity contribution in [1.29, 1.82) is 0 Å². The molecular weight excluding hydrogens is 219 g/mol. The molecule has 0 atom stereocenters. The molecule has 0 aliphatic carbocycles. The van der Waals surface area contributed by atoms with Gasteiger partial charge in [0.05, 0.1) is 0 Å². The predicted molar refractivity (Wildman–Crippen MR) is 63.8 cm³/mol. The van der Waals surface area contributed by atoms with Gasteiger partial charge in [-0.15, -0.1) is 0 Å². The molecule has 0 spiro atoms. The van der Waals surface area contributed by atoms with Gasteiger partial charge in [-0.2, -0.15) is 0 Å². The summed E-state index contributed by atoms with van der Waals surface area (Å²) in [6, 6.07) is 10.1. The van der Waals surface area contributed by atoms with Crippen molar-refractivity contribution >= 4 is 16.8 Å². The number of hydrogen-bond acceptors (Lipinski definition) is 3. The third-order valence-electron chi connectivity index (χ3n) is 2.57. The third kappa shape index (κ3) is 1.63. The Labute approximate surface area is 96.7 Å². The topological polar surface area (TPSA) is 52.0 Å². The highest BCUT2D eigenvalue weighted by molar-refractivity contribution is 5.83. The molecule has 3 rings (SSSR count). The Balaban J connectivity index is 2.18. The first-order valence-corrected chi connectivity index (χ1v) is 5.14. The van der Waals surface area contributed by atoms with Crippen molar-refractivity contribution in [3.05, 3.63) is 48.4 Å². The number of pyridine rings is 1. The number of benzene rings is 1. The lowest BCUT2D eigenvalue weighted by molar-refractivity contribution is 0.568. The smallest absolute Gasteiger partial charge is 0.170 e. The summed E-state index contributed by atoms with van der Waals surface area (Å²) in [7, 11) is 0. The quantitative estimate of drug-likeness (QED) is 0.695. The van der Waals surface area contributed by atoms with Crippen molar-refractivity contribution in [3.63, 3.8) is 0 Å². The molecule has 0 amide bonds. The van der Waals surface area contributed by atoms with Crippen molar-refractivity contribution in [2.75, 3.05) is 5.73 Å². The normalized spacial score (nSPS) is 10.9. The van der Waals surface area contributed by atoms with E-state index in [1.54, 1.807) is 36.5 Å². The zero-order valence-corrected chi connectivity index (χ0v) is 8.85. The van der Waals surface area contributed by atoms with E-state index >= 15 is 0 Å². The molecule has 0 saturated carbocycles. The average molecular weight is 228 g/mol. The van der Waals surface area contributed by atoms with Crippen LogP contribution >= 0.6 is 0 Å².